The molecule has 5 heteroatoms. The third-order valence-corrected chi connectivity index (χ3v) is 3.72. The molecule has 0 saturated carbocycles. The molecule has 0 aliphatic carbocycles. The van der Waals surface area contributed by atoms with Gasteiger partial charge in [0.15, 0.2) is 0 Å². The van der Waals surface area contributed by atoms with Crippen LogP contribution in [0.4, 0.5) is 9.18 Å². The summed E-state index contributed by atoms with van der Waals surface area (Å²) in [4.78, 5) is 13.2. The van der Waals surface area contributed by atoms with Gasteiger partial charge in [0, 0.05) is 32.5 Å². The van der Waals surface area contributed by atoms with Crippen LogP contribution in [0.15, 0.2) is 24.3 Å². The molecule has 110 valence electrons. The Balaban J connectivity index is 1.94. The molecule has 1 N–H and O–H groups in total. The molecule has 2 atom stereocenters. The molecule has 0 spiro atoms. The van der Waals surface area contributed by atoms with Gasteiger partial charge >= 0.3 is 6.03 Å². The summed E-state index contributed by atoms with van der Waals surface area (Å²) in [7, 11) is 3.40. The molecule has 1 aromatic rings. The minimum Gasteiger partial charge on any atom is -0.380 e. The largest absolute Gasteiger partial charge is 0.380 e. The first kappa shape index (κ1) is 14.8. The average molecular weight is 280 g/mol. The molecule has 2 amide bonds. The highest BCUT2D eigenvalue weighted by atomic mass is 19.1. The number of urea groups is 1. The molecular formula is C15H21FN2O2. The van der Waals surface area contributed by atoms with Crippen LogP contribution >= 0.6 is 0 Å². The van der Waals surface area contributed by atoms with Gasteiger partial charge in [-0.05, 0) is 24.1 Å². The number of carbonyl (C=O) groups is 1. The van der Waals surface area contributed by atoms with E-state index in [2.05, 4.69) is 5.32 Å². The van der Waals surface area contributed by atoms with Crippen molar-refractivity contribution in [2.45, 2.75) is 12.3 Å². The van der Waals surface area contributed by atoms with Gasteiger partial charge in [-0.25, -0.2) is 9.18 Å². The fourth-order valence-electron chi connectivity index (χ4n) is 2.67. The van der Waals surface area contributed by atoms with E-state index in [1.807, 2.05) is 12.1 Å². The predicted octanol–water partition coefficient (Wildman–Crippen LogP) is 2.22. The SMILES string of the molecule is CNC(=O)N(C)CC1COCC(c2ccc(F)cc2)C1. The Labute approximate surface area is 118 Å². The van der Waals surface area contributed by atoms with Crippen LogP contribution in [0.1, 0.15) is 17.9 Å². The number of ether oxygens (including phenoxy) is 1. The first-order valence-corrected chi connectivity index (χ1v) is 6.86. The lowest BCUT2D eigenvalue weighted by molar-refractivity contribution is 0.0311. The lowest BCUT2D eigenvalue weighted by Gasteiger charge is -2.32. The standard InChI is InChI=1S/C15H21FN2O2/c1-17-15(19)18(2)8-11-7-13(10-20-9-11)12-3-5-14(16)6-4-12/h3-6,11,13H,7-10H2,1-2H3,(H,17,19). The molecule has 1 aliphatic heterocycles. The fraction of sp³-hybridized carbons (Fsp3) is 0.533. The Morgan fingerprint density at radius 2 is 2.10 bits per heavy atom. The highest BCUT2D eigenvalue weighted by Crippen LogP contribution is 2.29. The number of hydrogen-bond donors (Lipinski definition) is 1. The number of hydrogen-bond acceptors (Lipinski definition) is 2. The van der Waals surface area contributed by atoms with Gasteiger partial charge in [-0.3, -0.25) is 0 Å². The molecule has 1 aliphatic rings. The summed E-state index contributed by atoms with van der Waals surface area (Å²) in [5, 5.41) is 2.61. The summed E-state index contributed by atoms with van der Waals surface area (Å²) in [6.45, 7) is 1.99. The van der Waals surface area contributed by atoms with E-state index in [0.717, 1.165) is 12.0 Å². The molecule has 0 radical (unpaired) electrons. The number of carbonyl (C=O) groups excluding carboxylic acids is 1. The maximum Gasteiger partial charge on any atom is 0.316 e. The molecule has 20 heavy (non-hydrogen) atoms. The second-order valence-corrected chi connectivity index (χ2v) is 5.32. The summed E-state index contributed by atoms with van der Waals surface area (Å²) in [6.07, 6.45) is 0.951. The lowest BCUT2D eigenvalue weighted by Crippen LogP contribution is -2.40. The molecule has 4 nitrogen and oxygen atoms in total. The number of nitrogens with one attached hydrogen (secondary N) is 1. The maximum absolute atomic E-state index is 12.9. The van der Waals surface area contributed by atoms with Gasteiger partial charge in [-0.1, -0.05) is 12.1 Å². The van der Waals surface area contributed by atoms with Crippen molar-refractivity contribution in [1.29, 1.82) is 0 Å². The van der Waals surface area contributed by atoms with Crippen molar-refractivity contribution < 1.29 is 13.9 Å². The van der Waals surface area contributed by atoms with Crippen LogP contribution in [0.3, 0.4) is 0 Å². The van der Waals surface area contributed by atoms with Crippen molar-refractivity contribution in [2.24, 2.45) is 5.92 Å². The second kappa shape index (κ2) is 6.70. The van der Waals surface area contributed by atoms with Gasteiger partial charge in [-0.15, -0.1) is 0 Å². The van der Waals surface area contributed by atoms with Crippen molar-refractivity contribution in [3.63, 3.8) is 0 Å². The Morgan fingerprint density at radius 1 is 1.40 bits per heavy atom. The average Bonchev–Trinajstić information content (AvgIpc) is 2.47. The molecule has 0 aromatic heterocycles. The first-order chi connectivity index (χ1) is 9.60. The summed E-state index contributed by atoms with van der Waals surface area (Å²) >= 11 is 0. The molecule has 1 saturated heterocycles. The minimum atomic E-state index is -0.221. The smallest absolute Gasteiger partial charge is 0.316 e. The van der Waals surface area contributed by atoms with Crippen LogP contribution in [0.5, 0.6) is 0 Å². The number of halogens is 1. The highest BCUT2D eigenvalue weighted by Gasteiger charge is 2.25. The van der Waals surface area contributed by atoms with Crippen molar-refractivity contribution in [2.75, 3.05) is 33.9 Å². The van der Waals surface area contributed by atoms with Gasteiger partial charge in [-0.2, -0.15) is 0 Å². The van der Waals surface area contributed by atoms with E-state index in [9.17, 15) is 9.18 Å². The zero-order chi connectivity index (χ0) is 14.5. The minimum absolute atomic E-state index is 0.0890. The fourth-order valence-corrected chi connectivity index (χ4v) is 2.67. The molecule has 1 heterocycles. The monoisotopic (exact) mass is 280 g/mol. The van der Waals surface area contributed by atoms with E-state index in [-0.39, 0.29) is 17.8 Å². The summed E-state index contributed by atoms with van der Waals surface area (Å²) in [6, 6.07) is 6.50. The Bertz CT molecular complexity index is 450. The van der Waals surface area contributed by atoms with Gasteiger partial charge in [0.1, 0.15) is 5.82 Å². The van der Waals surface area contributed by atoms with E-state index in [0.29, 0.717) is 25.7 Å². The zero-order valence-electron chi connectivity index (χ0n) is 11.9. The van der Waals surface area contributed by atoms with Crippen LogP contribution in [0, 0.1) is 11.7 Å². The van der Waals surface area contributed by atoms with E-state index < -0.39 is 0 Å². The van der Waals surface area contributed by atoms with Gasteiger partial charge in [0.25, 0.3) is 0 Å². The number of amides is 2. The molecule has 2 unspecified atom stereocenters. The molecular weight excluding hydrogens is 259 g/mol. The van der Waals surface area contributed by atoms with Crippen molar-refractivity contribution in [3.8, 4) is 0 Å². The summed E-state index contributed by atoms with van der Waals surface area (Å²) in [5.41, 5.74) is 1.10. The lowest BCUT2D eigenvalue weighted by atomic mass is 9.87. The van der Waals surface area contributed by atoms with Crippen molar-refractivity contribution in [1.82, 2.24) is 10.2 Å². The van der Waals surface area contributed by atoms with Crippen LogP contribution < -0.4 is 5.32 Å². The molecule has 1 fully saturated rings. The van der Waals surface area contributed by atoms with E-state index >= 15 is 0 Å². The van der Waals surface area contributed by atoms with Gasteiger partial charge in [0.2, 0.25) is 0 Å². The number of nitrogens with zero attached hydrogens (tertiary/aromatic N) is 1. The molecule has 2 rings (SSSR count). The normalized spacial score (nSPS) is 22.4. The van der Waals surface area contributed by atoms with E-state index in [1.54, 1.807) is 19.0 Å². The second-order valence-electron chi connectivity index (χ2n) is 5.32. The third-order valence-electron chi connectivity index (χ3n) is 3.72. The molecule has 1 aromatic carbocycles. The van der Waals surface area contributed by atoms with Crippen LogP contribution in [-0.2, 0) is 4.74 Å². The Morgan fingerprint density at radius 3 is 2.75 bits per heavy atom. The Hall–Kier alpha value is -1.62. The third kappa shape index (κ3) is 3.70. The maximum atomic E-state index is 12.9. The Kier molecular flexibility index (Phi) is 4.95. The molecule has 0 bridgehead atoms. The van der Waals surface area contributed by atoms with Crippen LogP contribution in [-0.4, -0.2) is 44.8 Å². The summed E-state index contributed by atoms with van der Waals surface area (Å²) in [5.74, 6) is 0.356. The topological polar surface area (TPSA) is 41.6 Å². The van der Waals surface area contributed by atoms with Crippen LogP contribution in [0.2, 0.25) is 0 Å². The van der Waals surface area contributed by atoms with Gasteiger partial charge in [0.05, 0.1) is 13.2 Å². The van der Waals surface area contributed by atoms with Crippen molar-refractivity contribution in [3.05, 3.63) is 35.6 Å². The number of rotatable bonds is 3. The summed E-state index contributed by atoms with van der Waals surface area (Å²) < 4.78 is 18.6. The highest BCUT2D eigenvalue weighted by molar-refractivity contribution is 5.73. The van der Waals surface area contributed by atoms with E-state index in [1.165, 1.54) is 12.1 Å². The van der Waals surface area contributed by atoms with Crippen LogP contribution in [0.25, 0.3) is 0 Å². The zero-order valence-corrected chi connectivity index (χ0v) is 11.9. The quantitative estimate of drug-likeness (QED) is 0.922. The van der Waals surface area contributed by atoms with Gasteiger partial charge < -0.3 is 15.0 Å². The number of benzene rings is 1. The van der Waals surface area contributed by atoms with E-state index in [4.69, 9.17) is 4.74 Å². The predicted molar refractivity (Wildman–Crippen MR) is 75.2 cm³/mol. The van der Waals surface area contributed by atoms with Crippen molar-refractivity contribution >= 4 is 6.03 Å². The first-order valence-electron chi connectivity index (χ1n) is 6.86.